The monoisotopic (exact) mass is 135 g/mol. The van der Waals surface area contributed by atoms with Crippen LogP contribution in [-0.4, -0.2) is 9.56 Å². The van der Waals surface area contributed by atoms with Crippen LogP contribution in [0.2, 0.25) is 0 Å². The summed E-state index contributed by atoms with van der Waals surface area (Å²) < 4.78 is 6.41. The molecule has 2 rings (SSSR count). The Bertz CT molecular complexity index is 364. The van der Waals surface area contributed by atoms with Gasteiger partial charge in [0.05, 0.1) is 12.4 Å². The molecule has 0 amide bonds. The van der Waals surface area contributed by atoms with Crippen LogP contribution < -0.4 is 5.55 Å². The number of hydrogen-bond acceptors (Lipinski definition) is 3. The number of nitrogens with one attached hydrogen (secondary N) is 1. The molecular formula is C6H5N3O. The van der Waals surface area contributed by atoms with Gasteiger partial charge in [0.15, 0.2) is 0 Å². The van der Waals surface area contributed by atoms with E-state index in [2.05, 4.69) is 4.98 Å². The Balaban J connectivity index is 3.01. The maximum absolute atomic E-state index is 7.11. The van der Waals surface area contributed by atoms with Crippen molar-refractivity contribution < 1.29 is 4.52 Å². The Morgan fingerprint density at radius 1 is 1.60 bits per heavy atom. The Kier molecular flexibility index (Phi) is 0.887. The van der Waals surface area contributed by atoms with Crippen LogP contribution in [-0.2, 0) is 0 Å². The normalized spacial score (nSPS) is 10.4. The highest BCUT2D eigenvalue weighted by molar-refractivity contribution is 5.40. The van der Waals surface area contributed by atoms with Gasteiger partial charge in [-0.3, -0.25) is 10.4 Å². The van der Waals surface area contributed by atoms with Gasteiger partial charge in [-0.15, -0.1) is 0 Å². The molecule has 0 radical (unpaired) electrons. The van der Waals surface area contributed by atoms with Crippen molar-refractivity contribution in [2.75, 3.05) is 0 Å². The molecule has 1 N–H and O–H groups in total. The lowest BCUT2D eigenvalue weighted by molar-refractivity contribution is 0.335. The molecule has 4 heteroatoms. The second kappa shape index (κ2) is 1.70. The van der Waals surface area contributed by atoms with E-state index < -0.39 is 0 Å². The minimum atomic E-state index is 0.146. The summed E-state index contributed by atoms with van der Waals surface area (Å²) >= 11 is 0. The molecule has 0 aromatic carbocycles. The zero-order valence-corrected chi connectivity index (χ0v) is 5.11. The molecule has 10 heavy (non-hydrogen) atoms. The van der Waals surface area contributed by atoms with E-state index in [4.69, 9.17) is 9.93 Å². The fraction of sp³-hybridized carbons (Fsp3) is 0. The van der Waals surface area contributed by atoms with Gasteiger partial charge in [0.1, 0.15) is 5.52 Å². The van der Waals surface area contributed by atoms with Crippen LogP contribution in [0.25, 0.3) is 5.52 Å². The highest BCUT2D eigenvalue weighted by Crippen LogP contribution is 1.94. The molecule has 0 fully saturated rings. The lowest BCUT2D eigenvalue weighted by Gasteiger charge is -1.85. The molecule has 0 aliphatic heterocycles. The summed E-state index contributed by atoms with van der Waals surface area (Å²) in [5, 5.41) is 7.11. The maximum atomic E-state index is 7.11. The van der Waals surface area contributed by atoms with Gasteiger partial charge in [0.25, 0.3) is 0 Å². The van der Waals surface area contributed by atoms with Gasteiger partial charge in [0, 0.05) is 12.3 Å². The molecule has 0 bridgehead atoms. The third-order valence-electron chi connectivity index (χ3n) is 1.23. The van der Waals surface area contributed by atoms with Crippen molar-refractivity contribution in [2.45, 2.75) is 0 Å². The molecule has 0 unspecified atom stereocenters. The number of hydrogen-bond donors (Lipinski definition) is 1. The lowest BCUT2D eigenvalue weighted by atomic mass is 10.5. The third-order valence-corrected chi connectivity index (χ3v) is 1.23. The predicted molar refractivity (Wildman–Crippen MR) is 33.3 cm³/mol. The second-order valence-electron chi connectivity index (χ2n) is 1.93. The highest BCUT2D eigenvalue weighted by atomic mass is 16.5. The van der Waals surface area contributed by atoms with Gasteiger partial charge in [0.2, 0.25) is 5.55 Å². The Morgan fingerprint density at radius 3 is 3.30 bits per heavy atom. The molecule has 0 saturated carbocycles. The number of aromatic nitrogens is 2. The van der Waals surface area contributed by atoms with Crippen LogP contribution in [0.4, 0.5) is 0 Å². The van der Waals surface area contributed by atoms with E-state index in [0.717, 1.165) is 5.52 Å². The average Bonchev–Trinajstić information content (AvgIpc) is 2.27. The largest absolute Gasteiger partial charge is 0.355 e. The summed E-state index contributed by atoms with van der Waals surface area (Å²) in [6.45, 7) is 0. The van der Waals surface area contributed by atoms with Crippen LogP contribution in [0.1, 0.15) is 0 Å². The van der Waals surface area contributed by atoms with Crippen molar-refractivity contribution in [3.05, 3.63) is 30.2 Å². The van der Waals surface area contributed by atoms with Crippen LogP contribution in [0, 0.1) is 5.41 Å². The van der Waals surface area contributed by atoms with Crippen molar-refractivity contribution in [3.8, 4) is 0 Å². The van der Waals surface area contributed by atoms with E-state index in [1.54, 1.807) is 24.7 Å². The first-order valence-corrected chi connectivity index (χ1v) is 2.83. The van der Waals surface area contributed by atoms with Crippen LogP contribution in [0.5, 0.6) is 0 Å². The number of rotatable bonds is 0. The summed E-state index contributed by atoms with van der Waals surface area (Å²) in [6.07, 6.45) is 4.91. The van der Waals surface area contributed by atoms with E-state index in [9.17, 15) is 0 Å². The Labute approximate surface area is 56.2 Å². The zero-order chi connectivity index (χ0) is 6.97. The summed E-state index contributed by atoms with van der Waals surface area (Å²) in [4.78, 5) is 3.86. The van der Waals surface area contributed by atoms with Crippen molar-refractivity contribution in [3.63, 3.8) is 0 Å². The molecule has 0 saturated heterocycles. The van der Waals surface area contributed by atoms with Crippen LogP contribution in [0.3, 0.4) is 0 Å². The van der Waals surface area contributed by atoms with Crippen molar-refractivity contribution in [1.29, 1.82) is 5.41 Å². The maximum Gasteiger partial charge on any atom is 0.241 e. The smallest absolute Gasteiger partial charge is 0.241 e. The second-order valence-corrected chi connectivity index (χ2v) is 1.93. The first-order valence-electron chi connectivity index (χ1n) is 2.83. The van der Waals surface area contributed by atoms with Gasteiger partial charge in [-0.05, 0) is 0 Å². The Hall–Kier alpha value is -1.58. The first-order chi connectivity index (χ1) is 4.86. The summed E-state index contributed by atoms with van der Waals surface area (Å²) in [7, 11) is 0. The highest BCUT2D eigenvalue weighted by Gasteiger charge is 1.91. The molecule has 0 aliphatic rings. The first kappa shape index (κ1) is 5.22. The molecule has 2 aromatic heterocycles. The molecule has 4 nitrogen and oxygen atoms in total. The topological polar surface area (TPSA) is 54.3 Å². The third kappa shape index (κ3) is 0.621. The van der Waals surface area contributed by atoms with Crippen LogP contribution in [0.15, 0.2) is 29.2 Å². The van der Waals surface area contributed by atoms with E-state index in [0.29, 0.717) is 0 Å². The van der Waals surface area contributed by atoms with E-state index >= 15 is 0 Å². The molecule has 0 spiro atoms. The number of nitrogens with zero attached hydrogens (tertiary/aromatic N) is 2. The van der Waals surface area contributed by atoms with Gasteiger partial charge in [-0.2, -0.15) is 4.57 Å². The predicted octanol–water partition coefficient (Wildman–Crippen LogP) is 0.407. The van der Waals surface area contributed by atoms with Gasteiger partial charge in [-0.1, -0.05) is 0 Å². The summed E-state index contributed by atoms with van der Waals surface area (Å²) in [5.41, 5.74) is 0.945. The SMILES string of the molecule is N=c1cc2cnccn2o1. The fourth-order valence-corrected chi connectivity index (χ4v) is 0.812. The standard InChI is InChI=1S/C6H5N3O/c7-6-3-5-4-8-1-2-9(5)10-6/h1-4,7H. The fourth-order valence-electron chi connectivity index (χ4n) is 0.812. The molecule has 50 valence electrons. The average molecular weight is 135 g/mol. The number of fused-ring (bicyclic) bond motifs is 1. The van der Waals surface area contributed by atoms with Crippen molar-refractivity contribution in [2.24, 2.45) is 0 Å². The van der Waals surface area contributed by atoms with Gasteiger partial charge < -0.3 is 4.52 Å². The van der Waals surface area contributed by atoms with E-state index in [1.807, 2.05) is 0 Å². The molecule has 2 heterocycles. The molecular weight excluding hydrogens is 130 g/mol. The van der Waals surface area contributed by atoms with Gasteiger partial charge >= 0.3 is 0 Å². The lowest BCUT2D eigenvalue weighted by Crippen LogP contribution is -1.87. The molecule has 2 aromatic rings. The quantitative estimate of drug-likeness (QED) is 0.568. The van der Waals surface area contributed by atoms with Crippen LogP contribution >= 0.6 is 0 Å². The minimum absolute atomic E-state index is 0.146. The van der Waals surface area contributed by atoms with E-state index in [-0.39, 0.29) is 5.55 Å². The molecule has 0 atom stereocenters. The molecule has 0 aliphatic carbocycles. The zero-order valence-electron chi connectivity index (χ0n) is 5.11. The minimum Gasteiger partial charge on any atom is -0.355 e. The Morgan fingerprint density at radius 2 is 2.50 bits per heavy atom. The van der Waals surface area contributed by atoms with Crippen molar-refractivity contribution in [1.82, 2.24) is 9.56 Å². The summed E-state index contributed by atoms with van der Waals surface area (Å²) in [6, 6.07) is 1.60. The van der Waals surface area contributed by atoms with Gasteiger partial charge in [-0.25, -0.2) is 0 Å². The van der Waals surface area contributed by atoms with E-state index in [1.165, 1.54) is 4.57 Å². The summed E-state index contributed by atoms with van der Waals surface area (Å²) in [5.74, 6) is 0. The van der Waals surface area contributed by atoms with Crippen molar-refractivity contribution >= 4 is 5.52 Å².